The normalized spacial score (nSPS) is 10.5. The van der Waals surface area contributed by atoms with E-state index in [0.717, 1.165) is 10.0 Å². The van der Waals surface area contributed by atoms with Gasteiger partial charge in [-0.3, -0.25) is 4.79 Å². The van der Waals surface area contributed by atoms with Gasteiger partial charge in [0.05, 0.1) is 12.8 Å². The number of methoxy groups -OCH3 is 1. The molecule has 0 aliphatic rings. The molecule has 0 spiro atoms. The molecule has 0 bridgehead atoms. The standard InChI is InChI=1S/C18H14BrClN2O3/c1-24-16-5-3-11(9-14(16)21)22-18(23)17-7-6-15(25-17)12-4-2-10(20)8-13(12)19/h2-9H,21H2,1H3,(H,22,23). The number of amides is 1. The lowest BCUT2D eigenvalue weighted by Gasteiger charge is -2.08. The van der Waals surface area contributed by atoms with Crippen LogP contribution < -0.4 is 15.8 Å². The quantitative estimate of drug-likeness (QED) is 0.567. The predicted octanol–water partition coefficient (Wildman–Crippen LogP) is 5.21. The van der Waals surface area contributed by atoms with Gasteiger partial charge in [0, 0.05) is 20.7 Å². The smallest absolute Gasteiger partial charge is 0.291 e. The molecule has 2 aromatic carbocycles. The molecule has 0 unspecified atom stereocenters. The van der Waals surface area contributed by atoms with Crippen LogP contribution in [-0.4, -0.2) is 13.0 Å². The van der Waals surface area contributed by atoms with Crippen LogP contribution in [0.2, 0.25) is 5.02 Å². The first kappa shape index (κ1) is 17.4. The number of carbonyl (C=O) groups is 1. The van der Waals surface area contributed by atoms with Gasteiger partial charge < -0.3 is 20.2 Å². The summed E-state index contributed by atoms with van der Waals surface area (Å²) >= 11 is 9.38. The van der Waals surface area contributed by atoms with Crippen molar-refractivity contribution in [2.75, 3.05) is 18.2 Å². The molecular weight excluding hydrogens is 408 g/mol. The number of nitrogen functional groups attached to an aromatic ring is 1. The molecule has 7 heteroatoms. The number of halogens is 2. The van der Waals surface area contributed by atoms with Gasteiger partial charge in [0.25, 0.3) is 5.91 Å². The number of hydrogen-bond donors (Lipinski definition) is 2. The molecule has 5 nitrogen and oxygen atoms in total. The van der Waals surface area contributed by atoms with Crippen LogP contribution in [0, 0.1) is 0 Å². The highest BCUT2D eigenvalue weighted by Gasteiger charge is 2.15. The highest BCUT2D eigenvalue weighted by molar-refractivity contribution is 9.10. The molecular formula is C18H14BrClN2O3. The van der Waals surface area contributed by atoms with Gasteiger partial charge in [-0.05, 0) is 64.5 Å². The molecule has 1 aromatic heterocycles. The maximum atomic E-state index is 12.4. The topological polar surface area (TPSA) is 77.5 Å². The van der Waals surface area contributed by atoms with Crippen molar-refractivity contribution in [2.24, 2.45) is 0 Å². The van der Waals surface area contributed by atoms with Crippen LogP contribution in [-0.2, 0) is 0 Å². The summed E-state index contributed by atoms with van der Waals surface area (Å²) in [6, 6.07) is 13.7. The Morgan fingerprint density at radius 1 is 1.20 bits per heavy atom. The summed E-state index contributed by atoms with van der Waals surface area (Å²) in [4.78, 5) is 12.4. The predicted molar refractivity (Wildman–Crippen MR) is 102 cm³/mol. The van der Waals surface area contributed by atoms with Gasteiger partial charge in [0.15, 0.2) is 5.76 Å². The Balaban J connectivity index is 1.80. The fourth-order valence-electron chi connectivity index (χ4n) is 2.30. The molecule has 0 saturated carbocycles. The SMILES string of the molecule is COc1ccc(NC(=O)c2ccc(-c3ccc(Cl)cc3Br)o2)cc1N. The molecule has 1 amide bonds. The van der Waals surface area contributed by atoms with Gasteiger partial charge in [-0.25, -0.2) is 0 Å². The van der Waals surface area contributed by atoms with Crippen LogP contribution in [0.15, 0.2) is 57.4 Å². The third-order valence-corrected chi connectivity index (χ3v) is 4.41. The molecule has 0 fully saturated rings. The Morgan fingerprint density at radius 2 is 2.00 bits per heavy atom. The van der Waals surface area contributed by atoms with Gasteiger partial charge in [-0.2, -0.15) is 0 Å². The van der Waals surface area contributed by atoms with Crippen molar-refractivity contribution in [1.29, 1.82) is 0 Å². The molecule has 0 aliphatic heterocycles. The minimum Gasteiger partial charge on any atom is -0.495 e. The summed E-state index contributed by atoms with van der Waals surface area (Å²) < 4.78 is 11.5. The molecule has 0 aliphatic carbocycles. The first-order valence-corrected chi connectivity index (χ1v) is 8.45. The van der Waals surface area contributed by atoms with Crippen molar-refractivity contribution in [3.8, 4) is 17.1 Å². The minimum absolute atomic E-state index is 0.186. The number of ether oxygens (including phenoxy) is 1. The second-order valence-corrected chi connectivity index (χ2v) is 6.49. The van der Waals surface area contributed by atoms with E-state index in [-0.39, 0.29) is 11.7 Å². The van der Waals surface area contributed by atoms with Gasteiger partial charge in [0.2, 0.25) is 0 Å². The van der Waals surface area contributed by atoms with Crippen molar-refractivity contribution in [1.82, 2.24) is 0 Å². The number of benzene rings is 2. The molecule has 0 atom stereocenters. The van der Waals surface area contributed by atoms with Crippen LogP contribution in [0.1, 0.15) is 10.6 Å². The van der Waals surface area contributed by atoms with E-state index in [2.05, 4.69) is 21.2 Å². The van der Waals surface area contributed by atoms with E-state index >= 15 is 0 Å². The lowest BCUT2D eigenvalue weighted by Crippen LogP contribution is -2.11. The summed E-state index contributed by atoms with van der Waals surface area (Å²) in [7, 11) is 1.53. The number of rotatable bonds is 4. The highest BCUT2D eigenvalue weighted by atomic mass is 79.9. The number of nitrogens with two attached hydrogens (primary N) is 1. The lowest BCUT2D eigenvalue weighted by molar-refractivity contribution is 0.0997. The Bertz CT molecular complexity index is 940. The summed E-state index contributed by atoms with van der Waals surface area (Å²) in [6.07, 6.45) is 0. The van der Waals surface area contributed by atoms with Crippen molar-refractivity contribution in [3.63, 3.8) is 0 Å². The molecule has 128 valence electrons. The monoisotopic (exact) mass is 420 g/mol. The second-order valence-electron chi connectivity index (χ2n) is 5.20. The van der Waals surface area contributed by atoms with E-state index in [1.165, 1.54) is 7.11 Å². The van der Waals surface area contributed by atoms with Gasteiger partial charge in [-0.15, -0.1) is 0 Å². The first-order chi connectivity index (χ1) is 12.0. The van der Waals surface area contributed by atoms with Crippen molar-refractivity contribution < 1.29 is 13.9 Å². The van der Waals surface area contributed by atoms with Crippen LogP contribution >= 0.6 is 27.5 Å². The average molecular weight is 422 g/mol. The summed E-state index contributed by atoms with van der Waals surface area (Å²) in [5, 5.41) is 3.35. The number of anilines is 2. The molecule has 3 N–H and O–H groups in total. The molecule has 1 heterocycles. The van der Waals surface area contributed by atoms with E-state index in [1.54, 1.807) is 42.5 Å². The summed E-state index contributed by atoms with van der Waals surface area (Å²) in [5.41, 5.74) is 7.63. The third kappa shape index (κ3) is 3.81. The van der Waals surface area contributed by atoms with Crippen molar-refractivity contribution in [3.05, 3.63) is 63.8 Å². The Kier molecular flexibility index (Phi) is 5.01. The van der Waals surface area contributed by atoms with E-state index in [0.29, 0.717) is 27.9 Å². The fourth-order valence-corrected chi connectivity index (χ4v) is 3.18. The van der Waals surface area contributed by atoms with Crippen LogP contribution in [0.5, 0.6) is 5.75 Å². The summed E-state index contributed by atoms with van der Waals surface area (Å²) in [5.74, 6) is 0.918. The number of carbonyl (C=O) groups excluding carboxylic acids is 1. The fraction of sp³-hybridized carbons (Fsp3) is 0.0556. The number of nitrogens with one attached hydrogen (secondary N) is 1. The van der Waals surface area contributed by atoms with Crippen molar-refractivity contribution >= 4 is 44.8 Å². The van der Waals surface area contributed by atoms with E-state index < -0.39 is 0 Å². The van der Waals surface area contributed by atoms with Gasteiger partial charge in [0.1, 0.15) is 11.5 Å². The van der Waals surface area contributed by atoms with E-state index in [4.69, 9.17) is 26.5 Å². The maximum Gasteiger partial charge on any atom is 0.291 e. The molecule has 0 radical (unpaired) electrons. The average Bonchev–Trinajstić information content (AvgIpc) is 3.05. The van der Waals surface area contributed by atoms with Crippen LogP contribution in [0.3, 0.4) is 0 Å². The first-order valence-electron chi connectivity index (χ1n) is 7.28. The Labute approximate surface area is 157 Å². The minimum atomic E-state index is -0.374. The van der Waals surface area contributed by atoms with Crippen LogP contribution in [0.25, 0.3) is 11.3 Å². The number of hydrogen-bond acceptors (Lipinski definition) is 4. The largest absolute Gasteiger partial charge is 0.495 e. The molecule has 25 heavy (non-hydrogen) atoms. The van der Waals surface area contributed by atoms with Crippen LogP contribution in [0.4, 0.5) is 11.4 Å². The molecule has 0 saturated heterocycles. The van der Waals surface area contributed by atoms with E-state index in [1.807, 2.05) is 6.07 Å². The second kappa shape index (κ2) is 7.21. The number of furan rings is 1. The molecule has 3 rings (SSSR count). The lowest BCUT2D eigenvalue weighted by atomic mass is 10.2. The zero-order chi connectivity index (χ0) is 18.0. The van der Waals surface area contributed by atoms with Gasteiger partial charge >= 0.3 is 0 Å². The zero-order valence-electron chi connectivity index (χ0n) is 13.2. The summed E-state index contributed by atoms with van der Waals surface area (Å²) in [6.45, 7) is 0. The Hall–Kier alpha value is -2.44. The van der Waals surface area contributed by atoms with Gasteiger partial charge in [-0.1, -0.05) is 11.6 Å². The third-order valence-electron chi connectivity index (χ3n) is 3.51. The highest BCUT2D eigenvalue weighted by Crippen LogP contribution is 2.32. The maximum absolute atomic E-state index is 12.4. The van der Waals surface area contributed by atoms with E-state index in [9.17, 15) is 4.79 Å². The Morgan fingerprint density at radius 3 is 2.68 bits per heavy atom. The zero-order valence-corrected chi connectivity index (χ0v) is 15.5. The van der Waals surface area contributed by atoms with Crippen molar-refractivity contribution in [2.45, 2.75) is 0 Å². The molecule has 3 aromatic rings.